The van der Waals surface area contributed by atoms with Gasteiger partial charge in [0.1, 0.15) is 11.9 Å². The predicted molar refractivity (Wildman–Crippen MR) is 110 cm³/mol. The van der Waals surface area contributed by atoms with Crippen molar-refractivity contribution in [3.63, 3.8) is 0 Å². The molecule has 0 aliphatic carbocycles. The van der Waals surface area contributed by atoms with Crippen LogP contribution in [-0.2, 0) is 16.1 Å². The monoisotopic (exact) mass is 413 g/mol. The van der Waals surface area contributed by atoms with Crippen LogP contribution >= 0.6 is 0 Å². The van der Waals surface area contributed by atoms with E-state index < -0.39 is 24.3 Å². The van der Waals surface area contributed by atoms with Crippen LogP contribution in [-0.4, -0.2) is 41.9 Å². The summed E-state index contributed by atoms with van der Waals surface area (Å²) in [5.74, 6) is -0.625. The van der Waals surface area contributed by atoms with Crippen molar-refractivity contribution >= 4 is 17.6 Å². The van der Waals surface area contributed by atoms with E-state index >= 15 is 0 Å². The third kappa shape index (κ3) is 6.40. The maximum absolute atomic E-state index is 13.2. The van der Waals surface area contributed by atoms with Crippen LogP contribution in [0.25, 0.3) is 0 Å². The van der Waals surface area contributed by atoms with Crippen LogP contribution in [0.15, 0.2) is 66.7 Å². The highest BCUT2D eigenvalue weighted by Gasteiger charge is 2.29. The van der Waals surface area contributed by atoms with Gasteiger partial charge in [-0.05, 0) is 29.8 Å². The highest BCUT2D eigenvalue weighted by molar-refractivity contribution is 5.89. The van der Waals surface area contributed by atoms with E-state index in [-0.39, 0.29) is 31.3 Å². The minimum Gasteiger partial charge on any atom is -0.394 e. The number of benzene rings is 2. The molecule has 3 rings (SSSR count). The molecule has 7 nitrogen and oxygen atoms in total. The Bertz CT molecular complexity index is 891. The lowest BCUT2D eigenvalue weighted by Crippen LogP contribution is -2.50. The Balaban J connectivity index is 1.49. The lowest BCUT2D eigenvalue weighted by atomic mass is 10.0. The first-order valence-electron chi connectivity index (χ1n) is 9.62. The van der Waals surface area contributed by atoms with Crippen molar-refractivity contribution in [2.45, 2.75) is 31.2 Å². The fourth-order valence-corrected chi connectivity index (χ4v) is 3.08. The second kappa shape index (κ2) is 10.5. The summed E-state index contributed by atoms with van der Waals surface area (Å²) in [6.45, 7) is -0.109. The molecule has 3 amide bonds. The maximum Gasteiger partial charge on any atom is 0.319 e. The fraction of sp³-hybridized carbons (Fsp3) is 0.273. The standard InChI is InChI=1S/C22H24FN3O4/c23-16-6-4-5-15(11-16)13-24-21(28)12-18-9-10-19(20(14-27)30-18)26-22(29)25-17-7-2-1-3-8-17/h1-11,18-20,27H,12-14H2,(H,24,28)(H2,25,26,29)/t18-,19+,20-/m1/s1. The number of rotatable bonds is 7. The molecular formula is C22H24FN3O4. The van der Waals surface area contributed by atoms with Gasteiger partial charge in [0.25, 0.3) is 0 Å². The molecule has 2 aromatic rings. The average molecular weight is 413 g/mol. The number of aliphatic hydroxyl groups is 1. The first-order valence-corrected chi connectivity index (χ1v) is 9.62. The van der Waals surface area contributed by atoms with E-state index in [0.29, 0.717) is 11.3 Å². The van der Waals surface area contributed by atoms with Crippen LogP contribution in [0.1, 0.15) is 12.0 Å². The number of anilines is 1. The Hall–Kier alpha value is -3.23. The largest absolute Gasteiger partial charge is 0.394 e. The van der Waals surface area contributed by atoms with Gasteiger partial charge < -0.3 is 25.8 Å². The number of carbonyl (C=O) groups excluding carboxylic acids is 2. The first kappa shape index (κ1) is 21.5. The summed E-state index contributed by atoms with van der Waals surface area (Å²) in [5.41, 5.74) is 1.30. The molecule has 0 saturated carbocycles. The molecule has 0 unspecified atom stereocenters. The molecule has 3 atom stereocenters. The molecule has 0 fully saturated rings. The Morgan fingerprint density at radius 1 is 1.07 bits per heavy atom. The minimum absolute atomic E-state index is 0.0469. The van der Waals surface area contributed by atoms with Crippen molar-refractivity contribution in [3.8, 4) is 0 Å². The molecule has 8 heteroatoms. The number of aliphatic hydroxyl groups excluding tert-OH is 1. The fourth-order valence-electron chi connectivity index (χ4n) is 3.08. The van der Waals surface area contributed by atoms with Crippen LogP contribution in [0, 0.1) is 5.82 Å². The third-order valence-electron chi connectivity index (χ3n) is 4.56. The van der Waals surface area contributed by atoms with Crippen LogP contribution in [0.4, 0.5) is 14.9 Å². The van der Waals surface area contributed by atoms with Gasteiger partial charge in [-0.15, -0.1) is 0 Å². The van der Waals surface area contributed by atoms with E-state index in [9.17, 15) is 19.1 Å². The molecular weight excluding hydrogens is 389 g/mol. The van der Waals surface area contributed by atoms with Gasteiger partial charge in [-0.3, -0.25) is 4.79 Å². The lowest BCUT2D eigenvalue weighted by molar-refractivity contribution is -0.125. The number of hydrogen-bond acceptors (Lipinski definition) is 4. The Morgan fingerprint density at radius 2 is 1.87 bits per heavy atom. The van der Waals surface area contributed by atoms with Gasteiger partial charge in [0.2, 0.25) is 5.91 Å². The zero-order valence-electron chi connectivity index (χ0n) is 16.3. The van der Waals surface area contributed by atoms with Crippen molar-refractivity contribution in [3.05, 3.63) is 78.1 Å². The lowest BCUT2D eigenvalue weighted by Gasteiger charge is -2.31. The molecule has 1 aliphatic rings. The average Bonchev–Trinajstić information content (AvgIpc) is 2.74. The van der Waals surface area contributed by atoms with Crippen LogP contribution in [0.3, 0.4) is 0 Å². The van der Waals surface area contributed by atoms with Gasteiger partial charge in [0.05, 0.1) is 25.2 Å². The molecule has 0 saturated heterocycles. The number of hydrogen-bond donors (Lipinski definition) is 4. The number of ether oxygens (including phenoxy) is 1. The Labute approximate surface area is 173 Å². The summed E-state index contributed by atoms with van der Waals surface area (Å²) in [7, 11) is 0. The van der Waals surface area contributed by atoms with Crippen molar-refractivity contribution in [2.75, 3.05) is 11.9 Å². The Morgan fingerprint density at radius 3 is 2.60 bits per heavy atom. The molecule has 0 bridgehead atoms. The SMILES string of the molecule is O=C(C[C@H]1C=C[C@H](NC(=O)Nc2ccccc2)[C@@H](CO)O1)NCc1cccc(F)c1. The summed E-state index contributed by atoms with van der Waals surface area (Å²) in [4.78, 5) is 24.3. The molecule has 158 valence electrons. The predicted octanol–water partition coefficient (Wildman–Crippen LogP) is 2.34. The van der Waals surface area contributed by atoms with E-state index in [1.54, 1.807) is 48.6 Å². The number of nitrogens with one attached hydrogen (secondary N) is 3. The van der Waals surface area contributed by atoms with Crippen molar-refractivity contribution in [1.82, 2.24) is 10.6 Å². The second-order valence-corrected chi connectivity index (χ2v) is 6.88. The number of carbonyl (C=O) groups is 2. The summed E-state index contributed by atoms with van der Waals surface area (Å²) < 4.78 is 18.9. The number of halogens is 1. The smallest absolute Gasteiger partial charge is 0.319 e. The second-order valence-electron chi connectivity index (χ2n) is 6.88. The van der Waals surface area contributed by atoms with Crippen LogP contribution < -0.4 is 16.0 Å². The van der Waals surface area contributed by atoms with Gasteiger partial charge in [-0.1, -0.05) is 42.5 Å². The number of urea groups is 1. The zero-order chi connectivity index (χ0) is 21.3. The van der Waals surface area contributed by atoms with E-state index in [0.717, 1.165) is 0 Å². The van der Waals surface area contributed by atoms with Gasteiger partial charge in [-0.25, -0.2) is 9.18 Å². The summed E-state index contributed by atoms with van der Waals surface area (Å²) in [6, 6.07) is 14.0. The van der Waals surface area contributed by atoms with Gasteiger partial charge in [-0.2, -0.15) is 0 Å². The zero-order valence-corrected chi connectivity index (χ0v) is 16.3. The maximum atomic E-state index is 13.2. The number of amides is 3. The minimum atomic E-state index is -0.683. The molecule has 2 aromatic carbocycles. The normalized spacial score (nSPS) is 20.4. The van der Waals surface area contributed by atoms with E-state index in [2.05, 4.69) is 16.0 Å². The van der Waals surface area contributed by atoms with Gasteiger partial charge in [0, 0.05) is 12.2 Å². The van der Waals surface area contributed by atoms with Crippen molar-refractivity contribution in [2.24, 2.45) is 0 Å². The third-order valence-corrected chi connectivity index (χ3v) is 4.56. The highest BCUT2D eigenvalue weighted by Crippen LogP contribution is 2.16. The summed E-state index contributed by atoms with van der Waals surface area (Å²) >= 11 is 0. The van der Waals surface area contributed by atoms with Gasteiger partial charge >= 0.3 is 6.03 Å². The topological polar surface area (TPSA) is 99.7 Å². The van der Waals surface area contributed by atoms with Crippen molar-refractivity contribution < 1.29 is 23.8 Å². The first-order chi connectivity index (χ1) is 14.5. The summed E-state index contributed by atoms with van der Waals surface area (Å²) in [6.07, 6.45) is 2.22. The van der Waals surface area contributed by atoms with Crippen LogP contribution in [0.2, 0.25) is 0 Å². The molecule has 4 N–H and O–H groups in total. The van der Waals surface area contributed by atoms with Crippen LogP contribution in [0.5, 0.6) is 0 Å². The van der Waals surface area contributed by atoms with Crippen molar-refractivity contribution in [1.29, 1.82) is 0 Å². The number of para-hydroxylation sites is 1. The molecule has 0 aromatic heterocycles. The van der Waals surface area contributed by atoms with E-state index in [4.69, 9.17) is 4.74 Å². The van der Waals surface area contributed by atoms with E-state index in [1.165, 1.54) is 12.1 Å². The quantitative estimate of drug-likeness (QED) is 0.524. The molecule has 1 heterocycles. The molecule has 0 spiro atoms. The molecule has 0 radical (unpaired) electrons. The highest BCUT2D eigenvalue weighted by atomic mass is 19.1. The molecule has 1 aliphatic heterocycles. The Kier molecular flexibility index (Phi) is 7.53. The van der Waals surface area contributed by atoms with Gasteiger partial charge in [0.15, 0.2) is 0 Å². The van der Waals surface area contributed by atoms with E-state index in [1.807, 2.05) is 6.07 Å². The molecule has 30 heavy (non-hydrogen) atoms. The summed E-state index contributed by atoms with van der Waals surface area (Å²) in [5, 5.41) is 17.8.